The predicted molar refractivity (Wildman–Crippen MR) is 87.8 cm³/mol. The maximum atomic E-state index is 4.67. The molecule has 0 amide bonds. The van der Waals surface area contributed by atoms with Crippen LogP contribution in [0.2, 0.25) is 0 Å². The van der Waals surface area contributed by atoms with Crippen molar-refractivity contribution in [2.45, 2.75) is 18.9 Å². The minimum Gasteiger partial charge on any atom is -0.346 e. The van der Waals surface area contributed by atoms with Crippen molar-refractivity contribution in [2.75, 3.05) is 11.4 Å². The molecule has 3 aromatic heterocycles. The van der Waals surface area contributed by atoms with Gasteiger partial charge < -0.3 is 9.47 Å². The van der Waals surface area contributed by atoms with Crippen molar-refractivity contribution in [1.29, 1.82) is 0 Å². The molecule has 0 spiro atoms. The Bertz CT molecular complexity index is 780. The number of hydrogen-bond donors (Lipinski definition) is 0. The first-order valence-electron chi connectivity index (χ1n) is 7.80. The zero-order chi connectivity index (χ0) is 15.6. The van der Waals surface area contributed by atoms with Gasteiger partial charge in [0.2, 0.25) is 0 Å². The fourth-order valence-corrected chi connectivity index (χ4v) is 3.17. The summed E-state index contributed by atoms with van der Waals surface area (Å²) in [7, 11) is 1.99. The Morgan fingerprint density at radius 1 is 1.09 bits per heavy atom. The van der Waals surface area contributed by atoms with Crippen LogP contribution in [0.5, 0.6) is 0 Å². The van der Waals surface area contributed by atoms with Gasteiger partial charge in [-0.05, 0) is 42.7 Å². The van der Waals surface area contributed by atoms with Gasteiger partial charge in [0.1, 0.15) is 12.1 Å². The van der Waals surface area contributed by atoms with E-state index in [0.29, 0.717) is 0 Å². The van der Waals surface area contributed by atoms with Gasteiger partial charge >= 0.3 is 0 Å². The maximum absolute atomic E-state index is 4.67. The molecule has 23 heavy (non-hydrogen) atoms. The van der Waals surface area contributed by atoms with Crippen molar-refractivity contribution in [1.82, 2.24) is 24.7 Å². The zero-order valence-electron chi connectivity index (χ0n) is 13.0. The van der Waals surface area contributed by atoms with Crippen LogP contribution in [-0.2, 0) is 7.05 Å². The van der Waals surface area contributed by atoms with E-state index < -0.39 is 0 Å². The fraction of sp³-hybridized carbons (Fsp3) is 0.294. The molecule has 3 aromatic rings. The van der Waals surface area contributed by atoms with Gasteiger partial charge in [0.25, 0.3) is 0 Å². The number of aromatic nitrogens is 5. The van der Waals surface area contributed by atoms with E-state index in [4.69, 9.17) is 0 Å². The van der Waals surface area contributed by atoms with Gasteiger partial charge in [-0.15, -0.1) is 10.2 Å². The Balaban J connectivity index is 1.61. The molecule has 4 heterocycles. The van der Waals surface area contributed by atoms with Gasteiger partial charge in [-0.25, -0.2) is 4.98 Å². The summed E-state index contributed by atoms with van der Waals surface area (Å²) in [5.74, 6) is 2.00. The third kappa shape index (κ3) is 2.56. The zero-order valence-corrected chi connectivity index (χ0v) is 13.0. The van der Waals surface area contributed by atoms with E-state index in [1.54, 1.807) is 18.7 Å². The Hall–Kier alpha value is -2.76. The molecule has 116 valence electrons. The van der Waals surface area contributed by atoms with Gasteiger partial charge in [0, 0.05) is 37.7 Å². The molecule has 6 nitrogen and oxygen atoms in total. The minimum absolute atomic E-state index is 0.252. The topological polar surface area (TPSA) is 59.7 Å². The van der Waals surface area contributed by atoms with Crippen molar-refractivity contribution in [3.8, 4) is 11.1 Å². The normalized spacial score (nSPS) is 17.6. The van der Waals surface area contributed by atoms with Gasteiger partial charge in [-0.3, -0.25) is 4.98 Å². The van der Waals surface area contributed by atoms with E-state index in [2.05, 4.69) is 37.2 Å². The molecule has 1 unspecified atom stereocenters. The second kappa shape index (κ2) is 5.79. The predicted octanol–water partition coefficient (Wildman–Crippen LogP) is 2.61. The van der Waals surface area contributed by atoms with Gasteiger partial charge in [-0.2, -0.15) is 0 Å². The Morgan fingerprint density at radius 2 is 1.96 bits per heavy atom. The monoisotopic (exact) mass is 306 g/mol. The number of anilines is 1. The number of hydrogen-bond acceptors (Lipinski definition) is 5. The van der Waals surface area contributed by atoms with Crippen LogP contribution in [-0.4, -0.2) is 31.3 Å². The van der Waals surface area contributed by atoms with Crippen molar-refractivity contribution < 1.29 is 0 Å². The number of rotatable bonds is 3. The maximum Gasteiger partial charge on any atom is 0.155 e. The molecule has 1 atom stereocenters. The summed E-state index contributed by atoms with van der Waals surface area (Å²) in [4.78, 5) is 11.0. The lowest BCUT2D eigenvalue weighted by atomic mass is 10.1. The first-order valence-corrected chi connectivity index (χ1v) is 7.80. The molecule has 0 bridgehead atoms. The van der Waals surface area contributed by atoms with Crippen molar-refractivity contribution >= 4 is 5.82 Å². The third-order valence-corrected chi connectivity index (χ3v) is 4.35. The van der Waals surface area contributed by atoms with E-state index in [1.807, 2.05) is 29.9 Å². The van der Waals surface area contributed by atoms with E-state index >= 15 is 0 Å². The van der Waals surface area contributed by atoms with Crippen LogP contribution in [0.15, 0.2) is 49.2 Å². The minimum atomic E-state index is 0.252. The molecular formula is C17H18N6. The highest BCUT2D eigenvalue weighted by molar-refractivity contribution is 5.63. The SMILES string of the molecule is Cn1cnnc1C1CCCN1c1ccc(-c2ccncc2)cn1. The smallest absolute Gasteiger partial charge is 0.155 e. The van der Waals surface area contributed by atoms with Crippen LogP contribution >= 0.6 is 0 Å². The van der Waals surface area contributed by atoms with Crippen LogP contribution in [0.25, 0.3) is 11.1 Å². The summed E-state index contributed by atoms with van der Waals surface area (Å²) >= 11 is 0. The Labute approximate surface area is 134 Å². The Kier molecular flexibility index (Phi) is 3.49. The lowest BCUT2D eigenvalue weighted by Crippen LogP contribution is -2.25. The molecule has 0 radical (unpaired) electrons. The van der Waals surface area contributed by atoms with E-state index in [0.717, 1.165) is 42.2 Å². The van der Waals surface area contributed by atoms with Crippen LogP contribution in [0, 0.1) is 0 Å². The van der Waals surface area contributed by atoms with Crippen molar-refractivity contribution in [3.63, 3.8) is 0 Å². The summed E-state index contributed by atoms with van der Waals surface area (Å²) in [6.07, 6.45) is 9.51. The molecule has 6 heteroatoms. The largest absolute Gasteiger partial charge is 0.346 e. The highest BCUT2D eigenvalue weighted by Gasteiger charge is 2.30. The second-order valence-corrected chi connectivity index (χ2v) is 5.79. The molecule has 1 saturated heterocycles. The highest BCUT2D eigenvalue weighted by atomic mass is 15.3. The lowest BCUT2D eigenvalue weighted by Gasteiger charge is -2.25. The standard InChI is InChI=1S/C17H18N6/c1-22-12-20-21-17(22)15-3-2-10-23(15)16-5-4-14(11-19-16)13-6-8-18-9-7-13/h4-9,11-12,15H,2-3,10H2,1H3. The molecule has 1 fully saturated rings. The number of nitrogens with zero attached hydrogens (tertiary/aromatic N) is 6. The molecule has 0 saturated carbocycles. The second-order valence-electron chi connectivity index (χ2n) is 5.79. The van der Waals surface area contributed by atoms with Crippen LogP contribution in [0.3, 0.4) is 0 Å². The van der Waals surface area contributed by atoms with Crippen molar-refractivity contribution in [2.24, 2.45) is 7.05 Å². The van der Waals surface area contributed by atoms with E-state index in [9.17, 15) is 0 Å². The summed E-state index contributed by atoms with van der Waals surface area (Å²) in [6, 6.07) is 8.44. The third-order valence-electron chi connectivity index (χ3n) is 4.35. The van der Waals surface area contributed by atoms with Crippen LogP contribution in [0.4, 0.5) is 5.82 Å². The molecule has 0 N–H and O–H groups in total. The fourth-order valence-electron chi connectivity index (χ4n) is 3.17. The van der Waals surface area contributed by atoms with Gasteiger partial charge in [0.05, 0.1) is 6.04 Å². The number of aryl methyl sites for hydroxylation is 1. The van der Waals surface area contributed by atoms with Crippen molar-refractivity contribution in [3.05, 3.63) is 55.0 Å². The first kappa shape index (κ1) is 13.9. The average Bonchev–Trinajstić information content (AvgIpc) is 3.24. The quantitative estimate of drug-likeness (QED) is 0.744. The highest BCUT2D eigenvalue weighted by Crippen LogP contribution is 2.34. The average molecular weight is 306 g/mol. The molecular weight excluding hydrogens is 288 g/mol. The van der Waals surface area contributed by atoms with Gasteiger partial charge in [0.15, 0.2) is 5.82 Å². The molecule has 4 rings (SSSR count). The Morgan fingerprint density at radius 3 is 2.65 bits per heavy atom. The summed E-state index contributed by atoms with van der Waals surface area (Å²) in [6.45, 7) is 0.999. The first-order chi connectivity index (χ1) is 11.3. The number of pyridine rings is 2. The molecule has 0 aliphatic carbocycles. The summed E-state index contributed by atoms with van der Waals surface area (Å²) in [5, 5.41) is 8.28. The van der Waals surface area contributed by atoms with Crippen LogP contribution < -0.4 is 4.90 Å². The van der Waals surface area contributed by atoms with Gasteiger partial charge in [-0.1, -0.05) is 0 Å². The molecule has 1 aliphatic rings. The van der Waals surface area contributed by atoms with Crippen LogP contribution in [0.1, 0.15) is 24.7 Å². The lowest BCUT2D eigenvalue weighted by molar-refractivity contribution is 0.625. The summed E-state index contributed by atoms with van der Waals surface area (Å²) < 4.78 is 1.99. The molecule has 1 aliphatic heterocycles. The van der Waals surface area contributed by atoms with E-state index in [1.165, 1.54) is 0 Å². The molecule has 0 aromatic carbocycles. The summed E-state index contributed by atoms with van der Waals surface area (Å²) in [5.41, 5.74) is 2.23. The van der Waals surface area contributed by atoms with E-state index in [-0.39, 0.29) is 6.04 Å².